The molecule has 0 saturated carbocycles. The molecular weight excluding hydrogens is 300 g/mol. The highest BCUT2D eigenvalue weighted by Gasteiger charge is 2.13. The maximum Gasteiger partial charge on any atom is 0.320 e. The molecule has 7 nitrogen and oxygen atoms in total. The Morgan fingerprint density at radius 3 is 2.91 bits per heavy atom. The summed E-state index contributed by atoms with van der Waals surface area (Å²) >= 11 is 1.50. The normalized spacial score (nSPS) is 11.0. The second-order valence-electron chi connectivity index (χ2n) is 5.46. The van der Waals surface area contributed by atoms with Gasteiger partial charge in [-0.15, -0.1) is 16.4 Å². The van der Waals surface area contributed by atoms with Gasteiger partial charge in [0.25, 0.3) is 0 Å². The third-order valence-electron chi connectivity index (χ3n) is 3.06. The molecule has 2 rings (SSSR count). The summed E-state index contributed by atoms with van der Waals surface area (Å²) in [6, 6.07) is -0.238. The highest BCUT2D eigenvalue weighted by atomic mass is 32.1. The van der Waals surface area contributed by atoms with Crippen LogP contribution in [0.4, 0.5) is 9.80 Å². The van der Waals surface area contributed by atoms with Gasteiger partial charge in [0, 0.05) is 6.54 Å². The van der Waals surface area contributed by atoms with Crippen molar-refractivity contribution < 1.29 is 4.79 Å². The Morgan fingerprint density at radius 1 is 1.45 bits per heavy atom. The lowest BCUT2D eigenvalue weighted by molar-refractivity contribution is 0.251. The molecule has 0 bridgehead atoms. The molecule has 0 saturated heterocycles. The molecule has 120 valence electrons. The minimum Gasteiger partial charge on any atom is -0.332 e. The average Bonchev–Trinajstić information content (AvgIpc) is 3.02. The summed E-state index contributed by atoms with van der Waals surface area (Å²) in [4.78, 5) is 16.6. The summed E-state index contributed by atoms with van der Waals surface area (Å²) in [7, 11) is 0. The van der Waals surface area contributed by atoms with Crippen molar-refractivity contribution in [1.29, 1.82) is 0 Å². The zero-order valence-corrected chi connectivity index (χ0v) is 14.2. The van der Waals surface area contributed by atoms with Gasteiger partial charge in [-0.2, -0.15) is 0 Å². The minimum atomic E-state index is -0.238. The molecule has 2 amide bonds. The Hall–Kier alpha value is -1.96. The van der Waals surface area contributed by atoms with Crippen LogP contribution in [0.3, 0.4) is 0 Å². The number of carbonyl (C=O) groups is 1. The third-order valence-corrected chi connectivity index (χ3v) is 3.99. The Kier molecular flexibility index (Phi) is 5.48. The van der Waals surface area contributed by atoms with E-state index in [4.69, 9.17) is 0 Å². The molecule has 2 aromatic heterocycles. The van der Waals surface area contributed by atoms with Gasteiger partial charge in [-0.05, 0) is 26.2 Å². The van der Waals surface area contributed by atoms with E-state index < -0.39 is 0 Å². The van der Waals surface area contributed by atoms with Crippen LogP contribution >= 0.6 is 11.3 Å². The van der Waals surface area contributed by atoms with Crippen LogP contribution in [0.25, 0.3) is 0 Å². The first-order chi connectivity index (χ1) is 10.5. The highest BCUT2D eigenvalue weighted by molar-refractivity contribution is 7.16. The number of carbonyl (C=O) groups excluding carboxylic acids is 1. The fraction of sp³-hybridized carbons (Fsp3) is 0.571. The van der Waals surface area contributed by atoms with E-state index in [0.717, 1.165) is 34.4 Å². The Balaban J connectivity index is 1.94. The molecule has 0 spiro atoms. The summed E-state index contributed by atoms with van der Waals surface area (Å²) < 4.78 is 1.75. The number of anilines is 1. The van der Waals surface area contributed by atoms with E-state index in [1.54, 1.807) is 10.9 Å². The summed E-state index contributed by atoms with van der Waals surface area (Å²) in [6.45, 7) is 9.32. The topological polar surface area (TPSA) is 84.7 Å². The van der Waals surface area contributed by atoms with Crippen LogP contribution in [-0.4, -0.2) is 26.0 Å². The SMILES string of the molecule is CCn1nncc1CNC(=O)Nc1sc(C)nc1CC(C)C. The molecule has 0 aliphatic rings. The number of nitrogens with one attached hydrogen (secondary N) is 2. The quantitative estimate of drug-likeness (QED) is 0.856. The fourth-order valence-corrected chi connectivity index (χ4v) is 2.93. The highest BCUT2D eigenvalue weighted by Crippen LogP contribution is 2.26. The van der Waals surface area contributed by atoms with Gasteiger partial charge >= 0.3 is 6.03 Å². The predicted molar refractivity (Wildman–Crippen MR) is 86.9 cm³/mol. The minimum absolute atomic E-state index is 0.238. The standard InChI is InChI=1S/C14H22N6OS/c1-5-20-11(8-16-19-20)7-15-14(21)18-13-12(6-9(2)3)17-10(4)22-13/h8-9H,5-7H2,1-4H3,(H2,15,18,21). The lowest BCUT2D eigenvalue weighted by atomic mass is 10.1. The van der Waals surface area contributed by atoms with E-state index in [2.05, 4.69) is 39.8 Å². The number of thiazole rings is 1. The van der Waals surface area contributed by atoms with Crippen LogP contribution in [-0.2, 0) is 19.5 Å². The van der Waals surface area contributed by atoms with Gasteiger partial charge in [0.05, 0.1) is 29.1 Å². The second kappa shape index (κ2) is 7.35. The first-order valence-corrected chi connectivity index (χ1v) is 8.19. The number of hydrogen-bond donors (Lipinski definition) is 2. The lowest BCUT2D eigenvalue weighted by Gasteiger charge is -2.09. The molecule has 0 aliphatic carbocycles. The zero-order valence-electron chi connectivity index (χ0n) is 13.4. The van der Waals surface area contributed by atoms with Crippen molar-refractivity contribution >= 4 is 22.4 Å². The van der Waals surface area contributed by atoms with Gasteiger partial charge < -0.3 is 5.32 Å². The van der Waals surface area contributed by atoms with Crippen LogP contribution in [0.2, 0.25) is 0 Å². The maximum atomic E-state index is 12.1. The van der Waals surface area contributed by atoms with Gasteiger partial charge in [-0.25, -0.2) is 14.5 Å². The number of aryl methyl sites for hydroxylation is 2. The van der Waals surface area contributed by atoms with Crippen LogP contribution < -0.4 is 10.6 Å². The molecule has 8 heteroatoms. The van der Waals surface area contributed by atoms with Crippen molar-refractivity contribution in [2.75, 3.05) is 5.32 Å². The molecule has 2 aromatic rings. The largest absolute Gasteiger partial charge is 0.332 e. The number of rotatable bonds is 6. The zero-order chi connectivity index (χ0) is 16.1. The monoisotopic (exact) mass is 322 g/mol. The summed E-state index contributed by atoms with van der Waals surface area (Å²) in [6.07, 6.45) is 2.51. The van der Waals surface area contributed by atoms with Crippen LogP contribution in [0.5, 0.6) is 0 Å². The molecule has 0 fully saturated rings. The lowest BCUT2D eigenvalue weighted by Crippen LogP contribution is -2.29. The summed E-state index contributed by atoms with van der Waals surface area (Å²) in [5.74, 6) is 0.495. The first kappa shape index (κ1) is 16.4. The Labute approximate surface area is 134 Å². The molecule has 0 radical (unpaired) electrons. The molecule has 22 heavy (non-hydrogen) atoms. The van der Waals surface area contributed by atoms with Gasteiger partial charge in [-0.1, -0.05) is 19.1 Å². The van der Waals surface area contributed by atoms with Crippen molar-refractivity contribution in [3.8, 4) is 0 Å². The summed E-state index contributed by atoms with van der Waals surface area (Å²) in [5, 5.41) is 15.3. The van der Waals surface area contributed by atoms with E-state index in [0.29, 0.717) is 12.5 Å². The van der Waals surface area contributed by atoms with E-state index in [9.17, 15) is 4.79 Å². The van der Waals surface area contributed by atoms with Crippen LogP contribution in [0, 0.1) is 12.8 Å². The smallest absolute Gasteiger partial charge is 0.320 e. The van der Waals surface area contributed by atoms with Crippen LogP contribution in [0.1, 0.15) is 37.2 Å². The Bertz CT molecular complexity index is 633. The molecule has 0 aliphatic heterocycles. The van der Waals surface area contributed by atoms with Gasteiger partial charge in [0.2, 0.25) is 0 Å². The van der Waals surface area contributed by atoms with Crippen LogP contribution in [0.15, 0.2) is 6.20 Å². The van der Waals surface area contributed by atoms with Crippen molar-refractivity contribution in [3.05, 3.63) is 22.6 Å². The fourth-order valence-electron chi connectivity index (χ4n) is 2.09. The van der Waals surface area contributed by atoms with Crippen molar-refractivity contribution in [3.63, 3.8) is 0 Å². The predicted octanol–water partition coefficient (Wildman–Crippen LogP) is 2.58. The van der Waals surface area contributed by atoms with E-state index in [1.165, 1.54) is 11.3 Å². The van der Waals surface area contributed by atoms with Crippen molar-refractivity contribution in [2.24, 2.45) is 5.92 Å². The molecule has 0 atom stereocenters. The second-order valence-corrected chi connectivity index (χ2v) is 6.66. The van der Waals surface area contributed by atoms with Gasteiger partial charge in [0.1, 0.15) is 5.00 Å². The number of hydrogen-bond acceptors (Lipinski definition) is 5. The molecule has 2 heterocycles. The third kappa shape index (κ3) is 4.27. The number of nitrogens with zero attached hydrogens (tertiary/aromatic N) is 4. The van der Waals surface area contributed by atoms with Gasteiger partial charge in [0.15, 0.2) is 0 Å². The Morgan fingerprint density at radius 2 is 2.23 bits per heavy atom. The van der Waals surface area contributed by atoms with E-state index >= 15 is 0 Å². The van der Waals surface area contributed by atoms with Crippen molar-refractivity contribution in [1.82, 2.24) is 25.3 Å². The maximum absolute atomic E-state index is 12.1. The molecule has 0 aromatic carbocycles. The molecule has 2 N–H and O–H groups in total. The molecular formula is C14H22N6OS. The van der Waals surface area contributed by atoms with E-state index in [1.807, 2.05) is 13.8 Å². The number of aromatic nitrogens is 4. The molecule has 0 unspecified atom stereocenters. The first-order valence-electron chi connectivity index (χ1n) is 7.38. The van der Waals surface area contributed by atoms with E-state index in [-0.39, 0.29) is 6.03 Å². The van der Waals surface area contributed by atoms with Gasteiger partial charge in [-0.3, -0.25) is 5.32 Å². The number of amides is 2. The average molecular weight is 322 g/mol. The van der Waals surface area contributed by atoms with Crippen molar-refractivity contribution in [2.45, 2.75) is 47.2 Å². The summed E-state index contributed by atoms with van der Waals surface area (Å²) in [5.41, 5.74) is 1.83. The number of urea groups is 1.